The molecule has 0 saturated carbocycles. The molecule has 1 heterocycles. The van der Waals surface area contributed by atoms with E-state index in [2.05, 4.69) is 22.2 Å². The zero-order valence-corrected chi connectivity index (χ0v) is 15.9. The number of nitriles is 1. The smallest absolute Gasteiger partial charge is 0.262 e. The molecule has 0 aliphatic carbocycles. The predicted molar refractivity (Wildman–Crippen MR) is 106 cm³/mol. The van der Waals surface area contributed by atoms with Gasteiger partial charge in [0, 0.05) is 31.2 Å². The van der Waals surface area contributed by atoms with Crippen molar-refractivity contribution in [2.75, 3.05) is 50.1 Å². The largest absolute Gasteiger partial charge is 0.484 e. The molecular formula is C20H21ClN4O2. The average Bonchev–Trinajstić information content (AvgIpc) is 2.68. The summed E-state index contributed by atoms with van der Waals surface area (Å²) in [5.74, 6) is 0.270. The number of ether oxygens (including phenoxy) is 1. The standard InChI is InChI=1S/C20H21ClN4O2/c1-24-8-10-25(11-9-24)19-7-4-16(21)12-18(19)23-20(26)14-27-17-5-2-15(13-22)3-6-17/h2-7,12H,8-11,14H2,1H3,(H,23,26). The highest BCUT2D eigenvalue weighted by molar-refractivity contribution is 6.31. The van der Waals surface area contributed by atoms with Crippen molar-refractivity contribution in [2.24, 2.45) is 0 Å². The van der Waals surface area contributed by atoms with E-state index in [1.807, 2.05) is 18.2 Å². The molecule has 1 N–H and O–H groups in total. The third kappa shape index (κ3) is 5.13. The lowest BCUT2D eigenvalue weighted by Crippen LogP contribution is -2.44. The Balaban J connectivity index is 1.64. The van der Waals surface area contributed by atoms with Crippen molar-refractivity contribution >= 4 is 28.9 Å². The van der Waals surface area contributed by atoms with Crippen LogP contribution in [0.4, 0.5) is 11.4 Å². The van der Waals surface area contributed by atoms with E-state index >= 15 is 0 Å². The summed E-state index contributed by atoms with van der Waals surface area (Å²) in [6, 6.07) is 14.2. The van der Waals surface area contributed by atoms with E-state index in [4.69, 9.17) is 21.6 Å². The maximum Gasteiger partial charge on any atom is 0.262 e. The molecule has 1 saturated heterocycles. The number of anilines is 2. The molecule has 0 spiro atoms. The topological polar surface area (TPSA) is 68.6 Å². The lowest BCUT2D eigenvalue weighted by Gasteiger charge is -2.35. The minimum absolute atomic E-state index is 0.124. The van der Waals surface area contributed by atoms with Gasteiger partial charge in [-0.3, -0.25) is 4.79 Å². The Bertz CT molecular complexity index is 840. The summed E-state index contributed by atoms with van der Waals surface area (Å²) in [6.07, 6.45) is 0. The first-order valence-corrected chi connectivity index (χ1v) is 9.09. The fraction of sp³-hybridized carbons (Fsp3) is 0.300. The predicted octanol–water partition coefficient (Wildman–Crippen LogP) is 2.98. The monoisotopic (exact) mass is 384 g/mol. The second-order valence-corrected chi connectivity index (χ2v) is 6.86. The van der Waals surface area contributed by atoms with Crippen molar-refractivity contribution in [3.8, 4) is 11.8 Å². The van der Waals surface area contributed by atoms with Gasteiger partial charge in [-0.25, -0.2) is 0 Å². The number of nitrogens with one attached hydrogen (secondary N) is 1. The first-order valence-electron chi connectivity index (χ1n) is 8.71. The van der Waals surface area contributed by atoms with E-state index in [9.17, 15) is 4.79 Å². The van der Waals surface area contributed by atoms with E-state index in [1.54, 1.807) is 30.3 Å². The molecule has 7 heteroatoms. The van der Waals surface area contributed by atoms with Crippen molar-refractivity contribution < 1.29 is 9.53 Å². The van der Waals surface area contributed by atoms with Gasteiger partial charge >= 0.3 is 0 Å². The highest BCUT2D eigenvalue weighted by Gasteiger charge is 2.18. The van der Waals surface area contributed by atoms with Crippen molar-refractivity contribution in [1.29, 1.82) is 5.26 Å². The van der Waals surface area contributed by atoms with Crippen LogP contribution in [0.3, 0.4) is 0 Å². The molecule has 1 fully saturated rings. The summed E-state index contributed by atoms with van der Waals surface area (Å²) in [5.41, 5.74) is 2.18. The third-order valence-corrected chi connectivity index (χ3v) is 4.67. The number of halogens is 1. The number of nitrogens with zero attached hydrogens (tertiary/aromatic N) is 3. The second-order valence-electron chi connectivity index (χ2n) is 6.42. The Hall–Kier alpha value is -2.75. The molecule has 1 aliphatic heterocycles. The minimum atomic E-state index is -0.267. The summed E-state index contributed by atoms with van der Waals surface area (Å²) < 4.78 is 5.49. The van der Waals surface area contributed by atoms with Crippen LogP contribution in [0.1, 0.15) is 5.56 Å². The van der Waals surface area contributed by atoms with E-state index < -0.39 is 0 Å². The summed E-state index contributed by atoms with van der Waals surface area (Å²) in [7, 11) is 2.10. The number of carbonyl (C=O) groups is 1. The minimum Gasteiger partial charge on any atom is -0.484 e. The number of carbonyl (C=O) groups excluding carboxylic acids is 1. The van der Waals surface area contributed by atoms with Crippen LogP contribution in [0, 0.1) is 11.3 Å². The molecule has 0 aromatic heterocycles. The molecule has 2 aromatic rings. The lowest BCUT2D eigenvalue weighted by molar-refractivity contribution is -0.118. The SMILES string of the molecule is CN1CCN(c2ccc(Cl)cc2NC(=O)COc2ccc(C#N)cc2)CC1. The lowest BCUT2D eigenvalue weighted by atomic mass is 10.2. The maximum atomic E-state index is 12.3. The maximum absolute atomic E-state index is 12.3. The van der Waals surface area contributed by atoms with Gasteiger partial charge in [0.1, 0.15) is 5.75 Å². The molecule has 3 rings (SSSR count). The molecular weight excluding hydrogens is 364 g/mol. The summed E-state index contributed by atoms with van der Waals surface area (Å²) in [5, 5.41) is 12.3. The van der Waals surface area contributed by atoms with Crippen LogP contribution >= 0.6 is 11.6 Å². The van der Waals surface area contributed by atoms with Gasteiger partial charge in [-0.15, -0.1) is 0 Å². The van der Waals surface area contributed by atoms with Crippen LogP contribution < -0.4 is 15.0 Å². The molecule has 0 radical (unpaired) electrons. The molecule has 2 aromatic carbocycles. The van der Waals surface area contributed by atoms with Crippen LogP contribution in [-0.2, 0) is 4.79 Å². The molecule has 0 unspecified atom stereocenters. The van der Waals surface area contributed by atoms with Crippen molar-refractivity contribution in [3.63, 3.8) is 0 Å². The van der Waals surface area contributed by atoms with Gasteiger partial charge in [-0.1, -0.05) is 11.6 Å². The van der Waals surface area contributed by atoms with Crippen molar-refractivity contribution in [1.82, 2.24) is 4.90 Å². The second kappa shape index (κ2) is 8.76. The van der Waals surface area contributed by atoms with Gasteiger partial charge in [0.05, 0.1) is 23.0 Å². The van der Waals surface area contributed by atoms with E-state index in [-0.39, 0.29) is 12.5 Å². The van der Waals surface area contributed by atoms with Crippen LogP contribution in [0.15, 0.2) is 42.5 Å². The number of hydrogen-bond acceptors (Lipinski definition) is 5. The Kier molecular flexibility index (Phi) is 6.17. The van der Waals surface area contributed by atoms with E-state index in [1.165, 1.54) is 0 Å². The number of likely N-dealkylation sites (N-methyl/N-ethyl adjacent to an activating group) is 1. The number of piperazine rings is 1. The van der Waals surface area contributed by atoms with Gasteiger partial charge in [0.25, 0.3) is 5.91 Å². The van der Waals surface area contributed by atoms with Gasteiger partial charge in [-0.2, -0.15) is 5.26 Å². The molecule has 1 aliphatic rings. The zero-order valence-electron chi connectivity index (χ0n) is 15.1. The van der Waals surface area contributed by atoms with Crippen LogP contribution in [-0.4, -0.2) is 50.6 Å². The third-order valence-electron chi connectivity index (χ3n) is 4.43. The van der Waals surface area contributed by atoms with Gasteiger partial charge in [0.15, 0.2) is 6.61 Å². The van der Waals surface area contributed by atoms with Crippen LogP contribution in [0.2, 0.25) is 5.02 Å². The number of amides is 1. The molecule has 140 valence electrons. The molecule has 0 atom stereocenters. The fourth-order valence-electron chi connectivity index (χ4n) is 2.89. The van der Waals surface area contributed by atoms with Gasteiger partial charge < -0.3 is 19.9 Å². The first kappa shape index (κ1) is 19.0. The Labute approximate surface area is 163 Å². The number of hydrogen-bond donors (Lipinski definition) is 1. The van der Waals surface area contributed by atoms with E-state index in [0.717, 1.165) is 31.9 Å². The van der Waals surface area contributed by atoms with Crippen LogP contribution in [0.25, 0.3) is 0 Å². The molecule has 1 amide bonds. The van der Waals surface area contributed by atoms with E-state index in [0.29, 0.717) is 22.0 Å². The molecule has 27 heavy (non-hydrogen) atoms. The Morgan fingerprint density at radius 1 is 1.19 bits per heavy atom. The van der Waals surface area contributed by atoms with Gasteiger partial charge in [0.2, 0.25) is 0 Å². The first-order chi connectivity index (χ1) is 13.0. The summed E-state index contributed by atoms with van der Waals surface area (Å²) >= 11 is 6.13. The number of rotatable bonds is 5. The van der Waals surface area contributed by atoms with Crippen molar-refractivity contribution in [3.05, 3.63) is 53.1 Å². The van der Waals surface area contributed by atoms with Gasteiger partial charge in [-0.05, 0) is 49.5 Å². The highest BCUT2D eigenvalue weighted by Crippen LogP contribution is 2.30. The summed E-state index contributed by atoms with van der Waals surface area (Å²) in [6.45, 7) is 3.60. The molecule has 6 nitrogen and oxygen atoms in total. The fourth-order valence-corrected chi connectivity index (χ4v) is 3.06. The van der Waals surface area contributed by atoms with Crippen LogP contribution in [0.5, 0.6) is 5.75 Å². The normalized spacial score (nSPS) is 14.5. The number of benzene rings is 2. The Morgan fingerprint density at radius 3 is 2.56 bits per heavy atom. The van der Waals surface area contributed by atoms with Crippen molar-refractivity contribution in [2.45, 2.75) is 0 Å². The zero-order chi connectivity index (χ0) is 19.2. The molecule has 0 bridgehead atoms. The Morgan fingerprint density at radius 2 is 1.89 bits per heavy atom. The quantitative estimate of drug-likeness (QED) is 0.858. The average molecular weight is 385 g/mol. The highest BCUT2D eigenvalue weighted by atomic mass is 35.5. The summed E-state index contributed by atoms with van der Waals surface area (Å²) in [4.78, 5) is 16.9.